The number of amides is 1. The largest absolute Gasteiger partial charge is 0.478 e. The van der Waals surface area contributed by atoms with Crippen LogP contribution in [0.5, 0.6) is 0 Å². The third-order valence-electron chi connectivity index (χ3n) is 2.84. The molecule has 5 nitrogen and oxygen atoms in total. The number of benzene rings is 2. The summed E-state index contributed by atoms with van der Waals surface area (Å²) in [6, 6.07) is 8.77. The highest BCUT2D eigenvalue weighted by molar-refractivity contribution is 7.80. The van der Waals surface area contributed by atoms with Gasteiger partial charge in [0.15, 0.2) is 5.11 Å². The summed E-state index contributed by atoms with van der Waals surface area (Å²) in [5, 5.41) is 14.5. The fourth-order valence-electron chi connectivity index (χ4n) is 1.77. The van der Waals surface area contributed by atoms with Gasteiger partial charge in [0.25, 0.3) is 5.91 Å². The average molecular weight is 404 g/mol. The zero-order valence-electron chi connectivity index (χ0n) is 11.8. The van der Waals surface area contributed by atoms with E-state index in [1.807, 2.05) is 0 Å². The van der Waals surface area contributed by atoms with Crippen LogP contribution in [0.25, 0.3) is 0 Å². The van der Waals surface area contributed by atoms with Crippen LogP contribution in [0.3, 0.4) is 0 Å². The van der Waals surface area contributed by atoms with Crippen molar-refractivity contribution < 1.29 is 14.7 Å². The molecule has 0 bridgehead atoms. The summed E-state index contributed by atoms with van der Waals surface area (Å²) in [6.45, 7) is 0. The maximum absolute atomic E-state index is 12.1. The Morgan fingerprint density at radius 3 is 2.17 bits per heavy atom. The molecule has 0 spiro atoms. The maximum Gasteiger partial charge on any atom is 0.335 e. The Morgan fingerprint density at radius 2 is 1.62 bits per heavy atom. The van der Waals surface area contributed by atoms with Crippen molar-refractivity contribution in [3.05, 3.63) is 62.6 Å². The van der Waals surface area contributed by atoms with Gasteiger partial charge < -0.3 is 10.4 Å². The molecule has 24 heavy (non-hydrogen) atoms. The number of carbonyl (C=O) groups excluding carboxylic acids is 1. The molecule has 0 heterocycles. The number of thiocarbonyl (C=S) groups is 1. The van der Waals surface area contributed by atoms with Gasteiger partial charge in [0.2, 0.25) is 0 Å². The van der Waals surface area contributed by atoms with Gasteiger partial charge in [0, 0.05) is 10.6 Å². The molecule has 3 N–H and O–H groups in total. The molecule has 1 amide bonds. The van der Waals surface area contributed by atoms with E-state index < -0.39 is 11.9 Å². The van der Waals surface area contributed by atoms with E-state index in [1.165, 1.54) is 18.2 Å². The first kappa shape index (κ1) is 18.5. The Bertz CT molecular complexity index is 819. The van der Waals surface area contributed by atoms with Crippen molar-refractivity contribution in [2.75, 3.05) is 5.32 Å². The van der Waals surface area contributed by atoms with E-state index in [-0.39, 0.29) is 26.4 Å². The van der Waals surface area contributed by atoms with E-state index in [0.717, 1.165) is 0 Å². The molecule has 0 radical (unpaired) electrons. The molecular weight excluding hydrogens is 395 g/mol. The molecule has 0 aromatic heterocycles. The fourth-order valence-corrected chi connectivity index (χ4v) is 2.73. The van der Waals surface area contributed by atoms with Crippen molar-refractivity contribution in [2.24, 2.45) is 0 Å². The molecule has 0 unspecified atom stereocenters. The number of aromatic carboxylic acids is 1. The van der Waals surface area contributed by atoms with Crippen molar-refractivity contribution in [1.29, 1.82) is 0 Å². The molecule has 0 aliphatic heterocycles. The Labute approximate surface area is 157 Å². The highest BCUT2D eigenvalue weighted by atomic mass is 35.5. The predicted molar refractivity (Wildman–Crippen MR) is 98.6 cm³/mol. The molecule has 0 saturated carbocycles. The summed E-state index contributed by atoms with van der Waals surface area (Å²) in [6.07, 6.45) is 0. The summed E-state index contributed by atoms with van der Waals surface area (Å²) in [4.78, 5) is 23.0. The van der Waals surface area contributed by atoms with Crippen LogP contribution in [0.15, 0.2) is 36.4 Å². The summed E-state index contributed by atoms with van der Waals surface area (Å²) in [7, 11) is 0. The number of rotatable bonds is 3. The highest BCUT2D eigenvalue weighted by Gasteiger charge is 2.15. The smallest absolute Gasteiger partial charge is 0.335 e. The van der Waals surface area contributed by atoms with E-state index in [4.69, 9.17) is 52.1 Å². The van der Waals surface area contributed by atoms with Crippen LogP contribution in [-0.4, -0.2) is 22.1 Å². The normalized spacial score (nSPS) is 10.1. The van der Waals surface area contributed by atoms with Crippen LogP contribution in [0.1, 0.15) is 20.7 Å². The molecule has 2 aromatic rings. The lowest BCUT2D eigenvalue weighted by atomic mass is 10.2. The zero-order valence-corrected chi connectivity index (χ0v) is 14.9. The van der Waals surface area contributed by atoms with Crippen molar-refractivity contribution in [1.82, 2.24) is 5.32 Å². The molecule has 9 heteroatoms. The van der Waals surface area contributed by atoms with Gasteiger partial charge in [0.05, 0.1) is 21.3 Å². The quantitative estimate of drug-likeness (QED) is 0.659. The van der Waals surface area contributed by atoms with Gasteiger partial charge in [-0.3, -0.25) is 10.1 Å². The second kappa shape index (κ2) is 7.81. The van der Waals surface area contributed by atoms with Gasteiger partial charge >= 0.3 is 5.97 Å². The van der Waals surface area contributed by atoms with Gasteiger partial charge in [-0.25, -0.2) is 4.79 Å². The fraction of sp³-hybridized carbons (Fsp3) is 0. The molecule has 0 saturated heterocycles. The van der Waals surface area contributed by atoms with Crippen molar-refractivity contribution in [3.8, 4) is 0 Å². The number of nitrogens with one attached hydrogen (secondary N) is 2. The summed E-state index contributed by atoms with van der Waals surface area (Å²) in [5.41, 5.74) is 0.453. The topological polar surface area (TPSA) is 78.4 Å². The SMILES string of the molecule is O=C(O)c1cc(Cl)c(NC(=S)NC(=O)c2cccc(Cl)c2)c(Cl)c1. The van der Waals surface area contributed by atoms with E-state index in [1.54, 1.807) is 18.2 Å². The Morgan fingerprint density at radius 1 is 1.00 bits per heavy atom. The lowest BCUT2D eigenvalue weighted by molar-refractivity contribution is 0.0696. The first-order valence-electron chi connectivity index (χ1n) is 6.38. The molecule has 124 valence electrons. The molecule has 0 fully saturated rings. The minimum absolute atomic E-state index is 0.0492. The van der Waals surface area contributed by atoms with Gasteiger partial charge in [-0.05, 0) is 42.5 Å². The molecule has 0 aliphatic rings. The van der Waals surface area contributed by atoms with Crippen LogP contribution in [0.2, 0.25) is 15.1 Å². The van der Waals surface area contributed by atoms with Crippen LogP contribution >= 0.6 is 47.0 Å². The minimum atomic E-state index is -1.16. The number of carbonyl (C=O) groups is 2. The van der Waals surface area contributed by atoms with E-state index >= 15 is 0 Å². The second-order valence-corrected chi connectivity index (χ2v) is 6.20. The average Bonchev–Trinajstić information content (AvgIpc) is 2.50. The Balaban J connectivity index is 2.13. The molecular formula is C15H9Cl3N2O3S. The monoisotopic (exact) mass is 402 g/mol. The number of halogens is 3. The molecule has 2 rings (SSSR count). The first-order valence-corrected chi connectivity index (χ1v) is 7.92. The molecule has 2 aromatic carbocycles. The van der Waals surface area contributed by atoms with Gasteiger partial charge in [-0.1, -0.05) is 40.9 Å². The maximum atomic E-state index is 12.1. The lowest BCUT2D eigenvalue weighted by Gasteiger charge is -2.13. The van der Waals surface area contributed by atoms with E-state index in [2.05, 4.69) is 10.6 Å². The summed E-state index contributed by atoms with van der Waals surface area (Å²) < 4.78 is 0. The molecule has 0 atom stereocenters. The summed E-state index contributed by atoms with van der Waals surface area (Å²) in [5.74, 6) is -1.63. The first-order chi connectivity index (χ1) is 11.3. The van der Waals surface area contributed by atoms with E-state index in [0.29, 0.717) is 10.6 Å². The number of hydrogen-bond donors (Lipinski definition) is 3. The Kier molecular flexibility index (Phi) is 6.01. The standard InChI is InChI=1S/C15H9Cl3N2O3S/c16-9-3-1-2-7(4-9)13(21)20-15(24)19-12-10(17)5-8(14(22)23)6-11(12)18/h1-6H,(H,22,23)(H2,19,20,21,24). The third-order valence-corrected chi connectivity index (χ3v) is 3.88. The van der Waals surface area contributed by atoms with Crippen molar-refractivity contribution in [2.45, 2.75) is 0 Å². The third kappa shape index (κ3) is 4.58. The number of carboxylic acid groups (broad SMARTS) is 1. The van der Waals surface area contributed by atoms with Gasteiger partial charge in [-0.15, -0.1) is 0 Å². The van der Waals surface area contributed by atoms with Gasteiger partial charge in [0.1, 0.15) is 0 Å². The highest BCUT2D eigenvalue weighted by Crippen LogP contribution is 2.31. The number of anilines is 1. The predicted octanol–water partition coefficient (Wildman–Crippen LogP) is 4.47. The lowest BCUT2D eigenvalue weighted by Crippen LogP contribution is -2.34. The minimum Gasteiger partial charge on any atom is -0.478 e. The second-order valence-electron chi connectivity index (χ2n) is 4.54. The zero-order chi connectivity index (χ0) is 17.9. The van der Waals surface area contributed by atoms with Crippen LogP contribution in [-0.2, 0) is 0 Å². The number of hydrogen-bond acceptors (Lipinski definition) is 3. The Hall–Kier alpha value is -1.86. The van der Waals surface area contributed by atoms with E-state index in [9.17, 15) is 9.59 Å². The van der Waals surface area contributed by atoms with Crippen molar-refractivity contribution >= 4 is 69.7 Å². The van der Waals surface area contributed by atoms with Crippen LogP contribution in [0.4, 0.5) is 5.69 Å². The van der Waals surface area contributed by atoms with Crippen molar-refractivity contribution in [3.63, 3.8) is 0 Å². The van der Waals surface area contributed by atoms with Crippen LogP contribution in [0, 0.1) is 0 Å². The van der Waals surface area contributed by atoms with Crippen LogP contribution < -0.4 is 10.6 Å². The molecule has 0 aliphatic carbocycles. The van der Waals surface area contributed by atoms with Gasteiger partial charge in [-0.2, -0.15) is 0 Å². The number of carboxylic acids is 1. The summed E-state index contributed by atoms with van der Waals surface area (Å²) >= 11 is 22.9.